The fourth-order valence-electron chi connectivity index (χ4n) is 1.28. The molecule has 3 nitrogen and oxygen atoms in total. The molecule has 0 saturated heterocycles. The molecule has 0 radical (unpaired) electrons. The number of hydrogen-bond donors (Lipinski definition) is 0. The number of methoxy groups -OCH3 is 1. The van der Waals surface area contributed by atoms with E-state index in [4.69, 9.17) is 4.74 Å². The van der Waals surface area contributed by atoms with E-state index in [0.29, 0.717) is 0 Å². The molecule has 0 fully saturated rings. The first kappa shape index (κ1) is 12.2. The molecule has 0 saturated carbocycles. The number of thiophene rings is 1. The second-order valence-electron chi connectivity index (χ2n) is 3.64. The molecule has 84 valence electrons. The molecule has 0 bridgehead atoms. The molecule has 4 heteroatoms. The molecule has 1 heterocycles. The molecule has 0 aliphatic heterocycles. The molecule has 15 heavy (non-hydrogen) atoms. The molecule has 0 spiro atoms. The first-order chi connectivity index (χ1) is 7.06. The number of likely N-dealkylation sites (N-methyl/N-ethyl adjacent to an activating group) is 1. The highest BCUT2D eigenvalue weighted by Crippen LogP contribution is 2.18. The van der Waals surface area contributed by atoms with Crippen LogP contribution in [0.4, 0.5) is 0 Å². The fraction of sp³-hybridized carbons (Fsp3) is 0.545. The summed E-state index contributed by atoms with van der Waals surface area (Å²) in [4.78, 5) is 14.6. The van der Waals surface area contributed by atoms with E-state index in [1.807, 2.05) is 18.9 Å². The van der Waals surface area contributed by atoms with E-state index in [1.54, 1.807) is 11.3 Å². The Hall–Kier alpha value is -0.870. The lowest BCUT2D eigenvalue weighted by Crippen LogP contribution is -2.36. The van der Waals surface area contributed by atoms with Crippen molar-refractivity contribution in [3.05, 3.63) is 21.9 Å². The molecular formula is C11H17NO2S. The zero-order valence-corrected chi connectivity index (χ0v) is 10.4. The summed E-state index contributed by atoms with van der Waals surface area (Å²) in [5, 5.41) is 2.07. The van der Waals surface area contributed by atoms with Gasteiger partial charge in [-0.2, -0.15) is 0 Å². The summed E-state index contributed by atoms with van der Waals surface area (Å²) in [7, 11) is 3.35. The summed E-state index contributed by atoms with van der Waals surface area (Å²) in [6, 6.07) is 1.90. The zero-order valence-electron chi connectivity index (χ0n) is 9.61. The lowest BCUT2D eigenvalue weighted by atomic mass is 10.2. The third kappa shape index (κ3) is 3.04. The van der Waals surface area contributed by atoms with Gasteiger partial charge >= 0.3 is 5.97 Å². The molecule has 1 aromatic rings. The van der Waals surface area contributed by atoms with Crippen molar-refractivity contribution in [3.8, 4) is 0 Å². The van der Waals surface area contributed by atoms with E-state index >= 15 is 0 Å². The summed E-state index contributed by atoms with van der Waals surface area (Å²) in [5.74, 6) is -0.188. The van der Waals surface area contributed by atoms with Crippen LogP contribution in [-0.4, -0.2) is 31.1 Å². The highest BCUT2D eigenvalue weighted by molar-refractivity contribution is 7.10. The van der Waals surface area contributed by atoms with Crippen molar-refractivity contribution < 1.29 is 9.53 Å². The highest BCUT2D eigenvalue weighted by atomic mass is 32.1. The monoisotopic (exact) mass is 227 g/mol. The summed E-state index contributed by atoms with van der Waals surface area (Å²) in [6.07, 6.45) is 0. The number of ether oxygens (including phenoxy) is 1. The second kappa shape index (κ2) is 5.28. The van der Waals surface area contributed by atoms with Crippen molar-refractivity contribution in [1.29, 1.82) is 0 Å². The van der Waals surface area contributed by atoms with Crippen molar-refractivity contribution in [2.75, 3.05) is 14.2 Å². The fourth-order valence-corrected chi connectivity index (χ4v) is 2.25. The summed E-state index contributed by atoms with van der Waals surface area (Å²) < 4.78 is 4.71. The van der Waals surface area contributed by atoms with Gasteiger partial charge in [0.1, 0.15) is 6.04 Å². The van der Waals surface area contributed by atoms with Crippen LogP contribution in [0, 0.1) is 6.92 Å². The first-order valence-electron chi connectivity index (χ1n) is 4.87. The molecule has 0 amide bonds. The summed E-state index contributed by atoms with van der Waals surface area (Å²) >= 11 is 1.72. The van der Waals surface area contributed by atoms with Crippen LogP contribution < -0.4 is 0 Å². The molecule has 1 unspecified atom stereocenters. The SMILES string of the molecule is COC(=O)C(C)N(C)Cc1sccc1C. The predicted molar refractivity (Wildman–Crippen MR) is 62.0 cm³/mol. The number of nitrogens with zero attached hydrogens (tertiary/aromatic N) is 1. The molecule has 1 rings (SSSR count). The third-order valence-electron chi connectivity index (χ3n) is 2.56. The van der Waals surface area contributed by atoms with Gasteiger partial charge in [-0.05, 0) is 37.9 Å². The quantitative estimate of drug-likeness (QED) is 0.737. The maximum Gasteiger partial charge on any atom is 0.322 e. The first-order valence-corrected chi connectivity index (χ1v) is 5.75. The minimum Gasteiger partial charge on any atom is -0.468 e. The Morgan fingerprint density at radius 2 is 2.33 bits per heavy atom. The van der Waals surface area contributed by atoms with Gasteiger partial charge in [0.05, 0.1) is 7.11 Å². The molecule has 0 aliphatic rings. The van der Waals surface area contributed by atoms with E-state index in [0.717, 1.165) is 6.54 Å². The van der Waals surface area contributed by atoms with Crippen LogP contribution in [0.3, 0.4) is 0 Å². The van der Waals surface area contributed by atoms with Gasteiger partial charge in [-0.15, -0.1) is 11.3 Å². The van der Waals surface area contributed by atoms with Gasteiger partial charge in [0.15, 0.2) is 0 Å². The Balaban J connectivity index is 2.59. The maximum atomic E-state index is 11.3. The van der Waals surface area contributed by atoms with Crippen molar-refractivity contribution in [2.45, 2.75) is 26.4 Å². The Morgan fingerprint density at radius 1 is 1.67 bits per heavy atom. The van der Waals surface area contributed by atoms with E-state index in [9.17, 15) is 4.79 Å². The number of rotatable bonds is 4. The Labute approximate surface area is 94.7 Å². The van der Waals surface area contributed by atoms with Crippen LogP contribution >= 0.6 is 11.3 Å². The lowest BCUT2D eigenvalue weighted by molar-refractivity contribution is -0.145. The largest absolute Gasteiger partial charge is 0.468 e. The van der Waals surface area contributed by atoms with Gasteiger partial charge in [-0.25, -0.2) is 0 Å². The standard InChI is InChI=1S/C11H17NO2S/c1-8-5-6-15-10(8)7-12(3)9(2)11(13)14-4/h5-6,9H,7H2,1-4H3. The van der Waals surface area contributed by atoms with Crippen LogP contribution in [0.25, 0.3) is 0 Å². The van der Waals surface area contributed by atoms with E-state index < -0.39 is 0 Å². The Morgan fingerprint density at radius 3 is 2.80 bits per heavy atom. The van der Waals surface area contributed by atoms with Crippen molar-refractivity contribution in [2.24, 2.45) is 0 Å². The topological polar surface area (TPSA) is 29.5 Å². The van der Waals surface area contributed by atoms with Crippen LogP contribution in [0.2, 0.25) is 0 Å². The molecule has 0 aromatic carbocycles. The average Bonchev–Trinajstić information content (AvgIpc) is 2.62. The van der Waals surface area contributed by atoms with Crippen molar-refractivity contribution in [3.63, 3.8) is 0 Å². The minimum absolute atomic E-state index is 0.188. The smallest absolute Gasteiger partial charge is 0.322 e. The maximum absolute atomic E-state index is 11.3. The van der Waals surface area contributed by atoms with Gasteiger partial charge < -0.3 is 4.74 Å². The van der Waals surface area contributed by atoms with Crippen LogP contribution in [0.5, 0.6) is 0 Å². The van der Waals surface area contributed by atoms with Gasteiger partial charge in [-0.1, -0.05) is 0 Å². The molecule has 1 aromatic heterocycles. The lowest BCUT2D eigenvalue weighted by Gasteiger charge is -2.22. The van der Waals surface area contributed by atoms with E-state index in [1.165, 1.54) is 17.6 Å². The Kier molecular flexibility index (Phi) is 4.29. The number of esters is 1. The molecular weight excluding hydrogens is 210 g/mol. The average molecular weight is 227 g/mol. The predicted octanol–water partition coefficient (Wildman–Crippen LogP) is 2.05. The van der Waals surface area contributed by atoms with Gasteiger partial charge in [0.2, 0.25) is 0 Å². The number of carbonyl (C=O) groups excluding carboxylic acids is 1. The van der Waals surface area contributed by atoms with Crippen LogP contribution in [0.15, 0.2) is 11.4 Å². The van der Waals surface area contributed by atoms with Crippen molar-refractivity contribution in [1.82, 2.24) is 4.90 Å². The summed E-state index contributed by atoms with van der Waals surface area (Å²) in [6.45, 7) is 4.73. The van der Waals surface area contributed by atoms with Gasteiger partial charge in [0.25, 0.3) is 0 Å². The normalized spacial score (nSPS) is 12.9. The number of carbonyl (C=O) groups is 1. The second-order valence-corrected chi connectivity index (χ2v) is 4.64. The molecule has 0 N–H and O–H groups in total. The molecule has 1 atom stereocenters. The number of hydrogen-bond acceptors (Lipinski definition) is 4. The number of aryl methyl sites for hydroxylation is 1. The third-order valence-corrected chi connectivity index (χ3v) is 3.57. The summed E-state index contributed by atoms with van der Waals surface area (Å²) in [5.41, 5.74) is 1.28. The zero-order chi connectivity index (χ0) is 11.4. The van der Waals surface area contributed by atoms with Crippen LogP contribution in [0.1, 0.15) is 17.4 Å². The van der Waals surface area contributed by atoms with E-state index in [-0.39, 0.29) is 12.0 Å². The molecule has 0 aliphatic carbocycles. The minimum atomic E-state index is -0.198. The van der Waals surface area contributed by atoms with Crippen LogP contribution in [-0.2, 0) is 16.1 Å². The van der Waals surface area contributed by atoms with E-state index in [2.05, 4.69) is 18.4 Å². The van der Waals surface area contributed by atoms with Gasteiger partial charge in [0, 0.05) is 11.4 Å². The van der Waals surface area contributed by atoms with Crippen molar-refractivity contribution >= 4 is 17.3 Å². The van der Waals surface area contributed by atoms with Gasteiger partial charge in [-0.3, -0.25) is 9.69 Å². The highest BCUT2D eigenvalue weighted by Gasteiger charge is 2.19. The Bertz CT molecular complexity index is 335.